The molecule has 2 unspecified atom stereocenters. The lowest BCUT2D eigenvalue weighted by molar-refractivity contribution is -0.304. The van der Waals surface area contributed by atoms with Crippen LogP contribution < -0.4 is 0 Å². The highest BCUT2D eigenvalue weighted by Crippen LogP contribution is 2.29. The van der Waals surface area contributed by atoms with Crippen molar-refractivity contribution in [1.29, 1.82) is 0 Å². The van der Waals surface area contributed by atoms with Crippen LogP contribution in [0.3, 0.4) is 0 Å². The maximum atomic E-state index is 6.22. The fourth-order valence-corrected chi connectivity index (χ4v) is 2.86. The summed E-state index contributed by atoms with van der Waals surface area (Å²) in [4.78, 5) is 0. The van der Waals surface area contributed by atoms with E-state index in [1.54, 1.807) is 13.2 Å². The highest BCUT2D eigenvalue weighted by atomic mass is 16.7. The maximum Gasteiger partial charge on any atom is 0.186 e. The van der Waals surface area contributed by atoms with Crippen LogP contribution in [0.25, 0.3) is 0 Å². The first-order chi connectivity index (χ1) is 12.2. The summed E-state index contributed by atoms with van der Waals surface area (Å²) in [5, 5.41) is 0. The fourth-order valence-electron chi connectivity index (χ4n) is 2.86. The van der Waals surface area contributed by atoms with Crippen molar-refractivity contribution in [2.45, 2.75) is 90.0 Å². The minimum atomic E-state index is -0.475. The molecule has 1 fully saturated rings. The maximum absolute atomic E-state index is 6.22. The van der Waals surface area contributed by atoms with Crippen molar-refractivity contribution in [3.8, 4) is 0 Å². The van der Waals surface area contributed by atoms with Gasteiger partial charge in [0.25, 0.3) is 0 Å². The molecule has 0 radical (unpaired) electrons. The van der Waals surface area contributed by atoms with Gasteiger partial charge in [0.1, 0.15) is 24.4 Å². The number of hydrogen-bond donors (Lipinski definition) is 0. The monoisotopic (exact) mass is 358 g/mol. The van der Waals surface area contributed by atoms with E-state index < -0.39 is 6.29 Å². The van der Waals surface area contributed by atoms with Gasteiger partial charge >= 0.3 is 0 Å². The zero-order valence-electron chi connectivity index (χ0n) is 16.6. The van der Waals surface area contributed by atoms with Crippen LogP contribution in [0, 0.1) is 0 Å². The van der Waals surface area contributed by atoms with E-state index in [1.807, 2.05) is 0 Å². The van der Waals surface area contributed by atoms with Crippen LogP contribution in [-0.4, -0.2) is 57.6 Å². The second-order valence-electron chi connectivity index (χ2n) is 6.51. The molecule has 0 amide bonds. The summed E-state index contributed by atoms with van der Waals surface area (Å²) >= 11 is 0. The van der Waals surface area contributed by atoms with Gasteiger partial charge in [-0.1, -0.05) is 46.1 Å². The van der Waals surface area contributed by atoms with Crippen LogP contribution in [0.4, 0.5) is 0 Å². The van der Waals surface area contributed by atoms with Crippen LogP contribution in [0.5, 0.6) is 0 Å². The second kappa shape index (κ2) is 13.7. The lowest BCUT2D eigenvalue weighted by Gasteiger charge is -2.44. The third-order valence-corrected chi connectivity index (χ3v) is 4.42. The number of unbranched alkanes of at least 4 members (excludes halogenated alkanes) is 3. The van der Waals surface area contributed by atoms with Gasteiger partial charge in [-0.15, -0.1) is 6.58 Å². The molecule has 1 aliphatic heterocycles. The third kappa shape index (κ3) is 7.35. The van der Waals surface area contributed by atoms with Gasteiger partial charge in [0.05, 0.1) is 0 Å². The summed E-state index contributed by atoms with van der Waals surface area (Å²) in [5.74, 6) is 0. The molecule has 1 aliphatic rings. The number of hydrogen-bond acceptors (Lipinski definition) is 5. The quantitative estimate of drug-likeness (QED) is 0.345. The number of methoxy groups -OCH3 is 1. The second-order valence-corrected chi connectivity index (χ2v) is 6.51. The van der Waals surface area contributed by atoms with E-state index in [2.05, 4.69) is 27.4 Å². The van der Waals surface area contributed by atoms with E-state index in [-0.39, 0.29) is 24.4 Å². The molecule has 0 bridgehead atoms. The van der Waals surface area contributed by atoms with Crippen molar-refractivity contribution in [1.82, 2.24) is 0 Å². The highest BCUT2D eigenvalue weighted by Gasteiger charge is 2.47. The SMILES string of the molecule is C=CC1O[C@H](OC)[C@@H](OCCCC)C(OCCCC)[C@@H]1OCCCC. The molecule has 0 saturated carbocycles. The minimum Gasteiger partial charge on any atom is -0.372 e. The van der Waals surface area contributed by atoms with Crippen molar-refractivity contribution in [3.63, 3.8) is 0 Å². The van der Waals surface area contributed by atoms with Gasteiger partial charge in [-0.05, 0) is 19.3 Å². The lowest BCUT2D eigenvalue weighted by atomic mass is 9.97. The Morgan fingerprint density at radius 2 is 1.28 bits per heavy atom. The normalized spacial score (nSPS) is 29.7. The largest absolute Gasteiger partial charge is 0.372 e. The Kier molecular flexibility index (Phi) is 12.4. The molecule has 5 nitrogen and oxygen atoms in total. The van der Waals surface area contributed by atoms with E-state index in [0.717, 1.165) is 38.5 Å². The van der Waals surface area contributed by atoms with E-state index in [0.29, 0.717) is 19.8 Å². The van der Waals surface area contributed by atoms with Gasteiger partial charge in [-0.25, -0.2) is 0 Å². The fraction of sp³-hybridized carbons (Fsp3) is 0.900. The van der Waals surface area contributed by atoms with Gasteiger partial charge in [-0.3, -0.25) is 0 Å². The van der Waals surface area contributed by atoms with Gasteiger partial charge in [0.15, 0.2) is 6.29 Å². The first-order valence-corrected chi connectivity index (χ1v) is 9.88. The van der Waals surface area contributed by atoms with Gasteiger partial charge < -0.3 is 23.7 Å². The molecule has 0 aliphatic carbocycles. The first-order valence-electron chi connectivity index (χ1n) is 9.88. The zero-order valence-corrected chi connectivity index (χ0v) is 16.6. The molecule has 1 saturated heterocycles. The van der Waals surface area contributed by atoms with E-state index in [4.69, 9.17) is 23.7 Å². The minimum absolute atomic E-state index is 0.220. The Labute approximate surface area is 154 Å². The summed E-state index contributed by atoms with van der Waals surface area (Å²) in [5.41, 5.74) is 0. The van der Waals surface area contributed by atoms with E-state index in [1.165, 1.54) is 0 Å². The highest BCUT2D eigenvalue weighted by molar-refractivity contribution is 4.99. The summed E-state index contributed by atoms with van der Waals surface area (Å²) in [6, 6.07) is 0. The average molecular weight is 359 g/mol. The van der Waals surface area contributed by atoms with Crippen molar-refractivity contribution in [3.05, 3.63) is 12.7 Å². The first kappa shape index (κ1) is 22.6. The Balaban J connectivity index is 2.89. The predicted molar refractivity (Wildman–Crippen MR) is 99.8 cm³/mol. The summed E-state index contributed by atoms with van der Waals surface area (Å²) < 4.78 is 30.1. The number of rotatable bonds is 14. The molecule has 5 atom stereocenters. The van der Waals surface area contributed by atoms with Gasteiger partial charge in [0, 0.05) is 26.9 Å². The standard InChI is InChI=1S/C20H38O5/c1-6-10-13-22-17-16(9-4)25-20(21-5)19(24-15-12-8-3)18(17)23-14-11-7-2/h9,16-20H,4,6-8,10-15H2,1-3,5H3/t16?,17-,18?,19+,20+/m1/s1. The Hall–Kier alpha value is -0.460. The summed E-state index contributed by atoms with van der Waals surface area (Å²) in [7, 11) is 1.64. The molecule has 148 valence electrons. The van der Waals surface area contributed by atoms with E-state index in [9.17, 15) is 0 Å². The summed E-state index contributed by atoms with van der Waals surface area (Å²) in [6.07, 6.45) is 6.58. The van der Waals surface area contributed by atoms with Crippen LogP contribution in [-0.2, 0) is 23.7 Å². The Morgan fingerprint density at radius 3 is 1.72 bits per heavy atom. The molecule has 0 N–H and O–H groups in total. The lowest BCUT2D eigenvalue weighted by Crippen LogP contribution is -2.60. The van der Waals surface area contributed by atoms with Crippen molar-refractivity contribution in [2.75, 3.05) is 26.9 Å². The molecule has 0 aromatic rings. The Bertz CT molecular complexity index is 336. The predicted octanol–water partition coefficient (Wildman–Crippen LogP) is 4.10. The zero-order chi connectivity index (χ0) is 18.5. The van der Waals surface area contributed by atoms with Crippen LogP contribution in [0.15, 0.2) is 12.7 Å². The van der Waals surface area contributed by atoms with Gasteiger partial charge in [-0.2, -0.15) is 0 Å². The van der Waals surface area contributed by atoms with Crippen LogP contribution in [0.1, 0.15) is 59.3 Å². The summed E-state index contributed by atoms with van der Waals surface area (Å²) in [6.45, 7) is 12.4. The molecule has 1 heterocycles. The molecule has 25 heavy (non-hydrogen) atoms. The molecule has 0 aromatic carbocycles. The van der Waals surface area contributed by atoms with Crippen molar-refractivity contribution in [2.24, 2.45) is 0 Å². The van der Waals surface area contributed by atoms with E-state index >= 15 is 0 Å². The van der Waals surface area contributed by atoms with Crippen molar-refractivity contribution >= 4 is 0 Å². The molecule has 0 spiro atoms. The van der Waals surface area contributed by atoms with Crippen LogP contribution in [0.2, 0.25) is 0 Å². The molecular weight excluding hydrogens is 320 g/mol. The van der Waals surface area contributed by atoms with Crippen LogP contribution >= 0.6 is 0 Å². The third-order valence-electron chi connectivity index (χ3n) is 4.42. The van der Waals surface area contributed by atoms with Gasteiger partial charge in [0.2, 0.25) is 0 Å². The smallest absolute Gasteiger partial charge is 0.186 e. The Morgan fingerprint density at radius 1 is 0.800 bits per heavy atom. The molecule has 5 heteroatoms. The van der Waals surface area contributed by atoms with Crippen molar-refractivity contribution < 1.29 is 23.7 Å². The molecule has 1 rings (SSSR count). The molecule has 0 aromatic heterocycles. The molecular formula is C20H38O5. The average Bonchev–Trinajstić information content (AvgIpc) is 2.63. The topological polar surface area (TPSA) is 46.2 Å². The number of ether oxygens (including phenoxy) is 5.